The summed E-state index contributed by atoms with van der Waals surface area (Å²) in [7, 11) is 0. The summed E-state index contributed by atoms with van der Waals surface area (Å²) >= 11 is 0. The van der Waals surface area contributed by atoms with Gasteiger partial charge in [-0.15, -0.1) is 0 Å². The molecule has 0 aliphatic heterocycles. The number of aliphatic hydroxyl groups is 2. The van der Waals surface area contributed by atoms with Crippen LogP contribution in [0.3, 0.4) is 0 Å². The number of fused-ring (bicyclic) bond motifs is 1. The summed E-state index contributed by atoms with van der Waals surface area (Å²) in [6.07, 6.45) is 4.81. The van der Waals surface area contributed by atoms with Crippen LogP contribution >= 0.6 is 0 Å². The molecular weight excluding hydrogens is 268 g/mol. The van der Waals surface area contributed by atoms with Gasteiger partial charge < -0.3 is 14.9 Å². The third kappa shape index (κ3) is 3.62. The van der Waals surface area contributed by atoms with Crippen LogP contribution in [0.5, 0.6) is 0 Å². The Balaban J connectivity index is 1.99. The highest BCUT2D eigenvalue weighted by atomic mass is 16.5. The minimum Gasteiger partial charge on any atom is -0.392 e. The third-order valence-corrected chi connectivity index (χ3v) is 4.75. The normalized spacial score (nSPS) is 35.4. The molecule has 0 amide bonds. The largest absolute Gasteiger partial charge is 0.392 e. The van der Waals surface area contributed by atoms with E-state index in [1.807, 2.05) is 13.0 Å². The van der Waals surface area contributed by atoms with Crippen LogP contribution in [0.4, 0.5) is 0 Å². The van der Waals surface area contributed by atoms with E-state index in [0.29, 0.717) is 38.0 Å². The molecule has 0 spiro atoms. The first-order chi connectivity index (χ1) is 9.85. The maximum atomic E-state index is 12.0. The van der Waals surface area contributed by atoms with E-state index in [9.17, 15) is 15.0 Å². The van der Waals surface area contributed by atoms with E-state index in [1.54, 1.807) is 13.0 Å². The van der Waals surface area contributed by atoms with Gasteiger partial charge in [0, 0.05) is 31.5 Å². The number of ether oxygens (including phenoxy) is 1. The molecule has 2 aliphatic carbocycles. The van der Waals surface area contributed by atoms with Crippen LogP contribution in [0, 0.1) is 17.8 Å². The average molecular weight is 294 g/mol. The van der Waals surface area contributed by atoms with Crippen LogP contribution in [0.25, 0.3) is 0 Å². The highest BCUT2D eigenvalue weighted by molar-refractivity contribution is 5.99. The summed E-state index contributed by atoms with van der Waals surface area (Å²) in [5.41, 5.74) is -0.273. The molecule has 118 valence electrons. The number of carbonyl (C=O) groups excluding carboxylic acids is 1. The molecule has 0 aromatic rings. The smallest absolute Gasteiger partial charge is 0.161 e. The van der Waals surface area contributed by atoms with Crippen molar-refractivity contribution in [2.45, 2.75) is 44.8 Å². The quantitative estimate of drug-likeness (QED) is 0.446. The fraction of sp³-hybridized carbons (Fsp3) is 0.706. The first kappa shape index (κ1) is 16.4. The Bertz CT molecular complexity index is 438. The third-order valence-electron chi connectivity index (χ3n) is 4.75. The zero-order chi connectivity index (χ0) is 15.6. The molecule has 4 heteroatoms. The van der Waals surface area contributed by atoms with Crippen LogP contribution < -0.4 is 0 Å². The zero-order valence-corrected chi connectivity index (χ0v) is 12.9. The van der Waals surface area contributed by atoms with E-state index in [2.05, 4.69) is 6.58 Å². The maximum absolute atomic E-state index is 12.0. The Morgan fingerprint density at radius 1 is 1.52 bits per heavy atom. The number of aliphatic hydroxyl groups excluding tert-OH is 1. The van der Waals surface area contributed by atoms with Gasteiger partial charge in [-0.1, -0.05) is 18.7 Å². The van der Waals surface area contributed by atoms with Gasteiger partial charge in [0.2, 0.25) is 0 Å². The van der Waals surface area contributed by atoms with Crippen LogP contribution in [-0.4, -0.2) is 40.9 Å². The van der Waals surface area contributed by atoms with Crippen LogP contribution in [-0.2, 0) is 9.53 Å². The van der Waals surface area contributed by atoms with Crippen LogP contribution in [0.1, 0.15) is 33.1 Å². The molecule has 4 nitrogen and oxygen atoms in total. The molecule has 2 fully saturated rings. The van der Waals surface area contributed by atoms with E-state index >= 15 is 0 Å². The molecule has 0 aromatic heterocycles. The molecular formula is C17H26O4. The SMILES string of the molecule is C=C1C[C@H]2[C@H](/C=C/C(C)(O)CCOCC)[C@H](O)C[C@@H]2C1=O. The monoisotopic (exact) mass is 294 g/mol. The summed E-state index contributed by atoms with van der Waals surface area (Å²) in [6, 6.07) is 0. The summed E-state index contributed by atoms with van der Waals surface area (Å²) < 4.78 is 5.26. The number of rotatable bonds is 6. The average Bonchev–Trinajstić information content (AvgIpc) is 2.85. The minimum atomic E-state index is -0.952. The summed E-state index contributed by atoms with van der Waals surface area (Å²) in [5, 5.41) is 20.5. The summed E-state index contributed by atoms with van der Waals surface area (Å²) in [5.74, 6) is 0.0873. The van der Waals surface area contributed by atoms with Crippen molar-refractivity contribution < 1.29 is 19.7 Å². The van der Waals surface area contributed by atoms with E-state index in [-0.39, 0.29) is 23.5 Å². The maximum Gasteiger partial charge on any atom is 0.161 e. The van der Waals surface area contributed by atoms with Gasteiger partial charge >= 0.3 is 0 Å². The lowest BCUT2D eigenvalue weighted by molar-refractivity contribution is -0.118. The van der Waals surface area contributed by atoms with Crippen LogP contribution in [0.2, 0.25) is 0 Å². The molecule has 0 aromatic carbocycles. The molecule has 1 unspecified atom stereocenters. The molecule has 0 radical (unpaired) electrons. The topological polar surface area (TPSA) is 66.8 Å². The summed E-state index contributed by atoms with van der Waals surface area (Å²) in [4.78, 5) is 12.0. The van der Waals surface area contributed by atoms with Crippen molar-refractivity contribution in [3.8, 4) is 0 Å². The lowest BCUT2D eigenvalue weighted by Gasteiger charge is -2.22. The predicted molar refractivity (Wildman–Crippen MR) is 80.7 cm³/mol. The highest BCUT2D eigenvalue weighted by Crippen LogP contribution is 2.48. The number of hydrogen-bond acceptors (Lipinski definition) is 4. The van der Waals surface area contributed by atoms with Crippen molar-refractivity contribution in [3.63, 3.8) is 0 Å². The van der Waals surface area contributed by atoms with Crippen molar-refractivity contribution >= 4 is 5.78 Å². The Hall–Kier alpha value is -0.970. The van der Waals surface area contributed by atoms with E-state index in [1.165, 1.54) is 0 Å². The zero-order valence-electron chi connectivity index (χ0n) is 12.9. The Labute approximate surface area is 126 Å². The molecule has 0 saturated heterocycles. The van der Waals surface area contributed by atoms with Crippen molar-refractivity contribution in [1.29, 1.82) is 0 Å². The standard InChI is InChI=1S/C17H26O4/c1-4-21-8-7-17(3,20)6-5-12-13-9-11(2)16(19)14(13)10-15(12)18/h5-6,12-15,18,20H,2,4,7-10H2,1,3H3/b6-5+/t12-,13-,14-,15+,17?/m0/s1. The summed E-state index contributed by atoms with van der Waals surface area (Å²) in [6.45, 7) is 8.61. The van der Waals surface area contributed by atoms with Gasteiger partial charge in [-0.05, 0) is 38.2 Å². The second kappa shape index (κ2) is 6.42. The molecule has 2 saturated carbocycles. The van der Waals surface area contributed by atoms with Crippen molar-refractivity contribution in [2.75, 3.05) is 13.2 Å². The first-order valence-electron chi connectivity index (χ1n) is 7.75. The Morgan fingerprint density at radius 3 is 2.90 bits per heavy atom. The lowest BCUT2D eigenvalue weighted by Crippen LogP contribution is -2.25. The van der Waals surface area contributed by atoms with Gasteiger partial charge in [-0.25, -0.2) is 0 Å². The molecule has 21 heavy (non-hydrogen) atoms. The molecule has 2 rings (SSSR count). The van der Waals surface area contributed by atoms with Gasteiger partial charge in [0.1, 0.15) is 0 Å². The number of allylic oxidation sites excluding steroid dienone is 1. The number of Topliss-reactive ketones (excluding diaryl/α,β-unsaturated/α-hetero) is 1. The molecule has 2 N–H and O–H groups in total. The van der Waals surface area contributed by atoms with Gasteiger partial charge in [0.25, 0.3) is 0 Å². The van der Waals surface area contributed by atoms with Gasteiger partial charge in [-0.3, -0.25) is 4.79 Å². The molecule has 0 bridgehead atoms. The van der Waals surface area contributed by atoms with Crippen molar-refractivity contribution in [1.82, 2.24) is 0 Å². The van der Waals surface area contributed by atoms with Gasteiger partial charge in [-0.2, -0.15) is 0 Å². The minimum absolute atomic E-state index is 0.0724. The molecule has 0 heterocycles. The second-order valence-corrected chi connectivity index (χ2v) is 6.49. The van der Waals surface area contributed by atoms with E-state index in [0.717, 1.165) is 0 Å². The van der Waals surface area contributed by atoms with E-state index in [4.69, 9.17) is 4.74 Å². The van der Waals surface area contributed by atoms with E-state index < -0.39 is 11.7 Å². The van der Waals surface area contributed by atoms with Crippen molar-refractivity contribution in [2.24, 2.45) is 17.8 Å². The van der Waals surface area contributed by atoms with Crippen LogP contribution in [0.15, 0.2) is 24.3 Å². The van der Waals surface area contributed by atoms with Crippen molar-refractivity contribution in [3.05, 3.63) is 24.3 Å². The fourth-order valence-electron chi connectivity index (χ4n) is 3.47. The predicted octanol–water partition coefficient (Wildman–Crippen LogP) is 1.86. The highest BCUT2D eigenvalue weighted by Gasteiger charge is 2.49. The lowest BCUT2D eigenvalue weighted by atomic mass is 9.89. The fourth-order valence-corrected chi connectivity index (χ4v) is 3.47. The van der Waals surface area contributed by atoms with Gasteiger partial charge in [0.05, 0.1) is 11.7 Å². The molecule has 2 aliphatic rings. The number of carbonyl (C=O) groups is 1. The van der Waals surface area contributed by atoms with Gasteiger partial charge in [0.15, 0.2) is 5.78 Å². The molecule has 5 atom stereocenters. The Morgan fingerprint density at radius 2 is 2.24 bits per heavy atom. The Kier molecular flexibility index (Phi) is 5.02. The number of hydrogen-bond donors (Lipinski definition) is 2. The number of ketones is 1. The second-order valence-electron chi connectivity index (χ2n) is 6.49. The first-order valence-corrected chi connectivity index (χ1v) is 7.75.